The van der Waals surface area contributed by atoms with Crippen molar-refractivity contribution in [1.82, 2.24) is 5.32 Å². The normalized spacial score (nSPS) is 15.9. The average molecular weight is 412 g/mol. The van der Waals surface area contributed by atoms with Crippen molar-refractivity contribution in [3.05, 3.63) is 69.2 Å². The number of ketones is 2. The van der Waals surface area contributed by atoms with Gasteiger partial charge >= 0.3 is 5.97 Å². The van der Waals surface area contributed by atoms with E-state index in [-0.39, 0.29) is 39.1 Å². The highest BCUT2D eigenvalue weighted by Gasteiger charge is 2.33. The van der Waals surface area contributed by atoms with Gasteiger partial charge in [0.25, 0.3) is 5.91 Å². The number of nitrogens with one attached hydrogen (secondary N) is 1. The van der Waals surface area contributed by atoms with E-state index < -0.39 is 24.3 Å². The number of amides is 1. The lowest BCUT2D eigenvalue weighted by atomic mass is 9.83. The molecule has 29 heavy (non-hydrogen) atoms. The lowest BCUT2D eigenvalue weighted by Crippen LogP contribution is -2.37. The van der Waals surface area contributed by atoms with Crippen molar-refractivity contribution in [3.63, 3.8) is 0 Å². The van der Waals surface area contributed by atoms with Crippen LogP contribution in [-0.4, -0.2) is 36.1 Å². The molecule has 1 atom stereocenters. The molecule has 0 saturated heterocycles. The number of hydrogen-bond donors (Lipinski definition) is 1. The van der Waals surface area contributed by atoms with Crippen molar-refractivity contribution < 1.29 is 23.9 Å². The first-order valence-corrected chi connectivity index (χ1v) is 9.73. The summed E-state index contributed by atoms with van der Waals surface area (Å²) < 4.78 is 5.06. The fraction of sp³-hybridized carbons (Fsp3) is 0.273. The van der Waals surface area contributed by atoms with E-state index in [4.69, 9.17) is 16.3 Å². The predicted octanol–water partition coefficient (Wildman–Crippen LogP) is 3.19. The van der Waals surface area contributed by atoms with Crippen LogP contribution in [0.15, 0.2) is 36.4 Å². The molecule has 0 aromatic heterocycles. The van der Waals surface area contributed by atoms with E-state index in [1.807, 2.05) is 6.92 Å². The highest BCUT2D eigenvalue weighted by Crippen LogP contribution is 2.34. The van der Waals surface area contributed by atoms with Gasteiger partial charge in [0, 0.05) is 22.7 Å². The second-order valence-electron chi connectivity index (χ2n) is 7.32. The van der Waals surface area contributed by atoms with Gasteiger partial charge in [-0.1, -0.05) is 35.9 Å². The van der Waals surface area contributed by atoms with E-state index in [1.165, 1.54) is 12.1 Å². The van der Waals surface area contributed by atoms with Crippen LogP contribution in [0.1, 0.15) is 62.0 Å². The number of carbonyl (C=O) groups excluding carboxylic acids is 4. The summed E-state index contributed by atoms with van der Waals surface area (Å²) in [5, 5.41) is 2.64. The first-order chi connectivity index (χ1) is 13.9. The second kappa shape index (κ2) is 7.44. The summed E-state index contributed by atoms with van der Waals surface area (Å²) in [5.41, 5.74) is 0.612. The fourth-order valence-electron chi connectivity index (χ4n) is 3.52. The van der Waals surface area contributed by atoms with Crippen molar-refractivity contribution in [2.24, 2.45) is 5.92 Å². The molecule has 4 rings (SSSR count). The molecule has 2 aliphatic rings. The highest BCUT2D eigenvalue weighted by molar-refractivity contribution is 6.41. The third-order valence-corrected chi connectivity index (χ3v) is 5.69. The molecule has 7 heteroatoms. The van der Waals surface area contributed by atoms with Crippen molar-refractivity contribution in [2.75, 3.05) is 6.61 Å². The van der Waals surface area contributed by atoms with Gasteiger partial charge in [-0.15, -0.1) is 0 Å². The van der Waals surface area contributed by atoms with Gasteiger partial charge < -0.3 is 10.1 Å². The van der Waals surface area contributed by atoms with Crippen LogP contribution in [-0.2, 0) is 9.53 Å². The highest BCUT2D eigenvalue weighted by atomic mass is 35.5. The maximum Gasteiger partial charge on any atom is 0.340 e. The molecule has 2 aromatic carbocycles. The minimum atomic E-state index is -0.828. The Morgan fingerprint density at radius 3 is 2.38 bits per heavy atom. The summed E-state index contributed by atoms with van der Waals surface area (Å²) in [6.07, 6.45) is 2.17. The number of rotatable bonds is 5. The smallest absolute Gasteiger partial charge is 0.340 e. The van der Waals surface area contributed by atoms with E-state index in [2.05, 4.69) is 5.32 Å². The first-order valence-electron chi connectivity index (χ1n) is 9.36. The monoisotopic (exact) mass is 411 g/mol. The third-order valence-electron chi connectivity index (χ3n) is 5.30. The molecule has 1 amide bonds. The van der Waals surface area contributed by atoms with Gasteiger partial charge in [0.1, 0.15) is 0 Å². The van der Waals surface area contributed by atoms with Gasteiger partial charge in [-0.3, -0.25) is 14.4 Å². The van der Waals surface area contributed by atoms with Crippen LogP contribution in [0.5, 0.6) is 0 Å². The predicted molar refractivity (Wildman–Crippen MR) is 105 cm³/mol. The van der Waals surface area contributed by atoms with E-state index in [0.29, 0.717) is 11.5 Å². The first kappa shape index (κ1) is 19.3. The standard InChI is InChI=1S/C22H18ClNO5/c1-11(12-6-7-12)24-17(25)10-29-22(28)16-9-8-15-18(19(16)23)21(27)14-5-3-2-4-13(14)20(15)26/h2-5,8-9,11-12H,6-7,10H2,1H3,(H,24,25)/t11-/m1/s1. The van der Waals surface area contributed by atoms with Crippen LogP contribution in [0, 0.1) is 5.92 Å². The van der Waals surface area contributed by atoms with E-state index in [9.17, 15) is 19.2 Å². The molecule has 6 nitrogen and oxygen atoms in total. The Labute approximate surface area is 172 Å². The Hall–Kier alpha value is -2.99. The van der Waals surface area contributed by atoms with Crippen LogP contribution in [0.3, 0.4) is 0 Å². The maximum absolute atomic E-state index is 12.9. The molecule has 0 radical (unpaired) electrons. The second-order valence-corrected chi connectivity index (χ2v) is 7.70. The van der Waals surface area contributed by atoms with E-state index >= 15 is 0 Å². The molecule has 1 saturated carbocycles. The van der Waals surface area contributed by atoms with Crippen LogP contribution < -0.4 is 5.32 Å². The molecule has 0 aliphatic heterocycles. The van der Waals surface area contributed by atoms with Crippen LogP contribution >= 0.6 is 11.6 Å². The molecule has 2 aromatic rings. The quantitative estimate of drug-likeness (QED) is 0.651. The largest absolute Gasteiger partial charge is 0.452 e. The van der Waals surface area contributed by atoms with E-state index in [1.54, 1.807) is 24.3 Å². The summed E-state index contributed by atoms with van der Waals surface area (Å²) in [5.74, 6) is -1.49. The third kappa shape index (κ3) is 3.56. The molecule has 148 valence electrons. The van der Waals surface area contributed by atoms with Gasteiger partial charge in [0.15, 0.2) is 18.2 Å². The Morgan fingerprint density at radius 1 is 1.07 bits per heavy atom. The summed E-state index contributed by atoms with van der Waals surface area (Å²) in [6.45, 7) is 1.47. The number of halogens is 1. The zero-order valence-electron chi connectivity index (χ0n) is 15.7. The molecular formula is C22H18ClNO5. The van der Waals surface area contributed by atoms with Crippen LogP contribution in [0.25, 0.3) is 0 Å². The van der Waals surface area contributed by atoms with Gasteiger partial charge in [-0.25, -0.2) is 4.79 Å². The van der Waals surface area contributed by atoms with Gasteiger partial charge in [0.05, 0.1) is 16.1 Å². The van der Waals surface area contributed by atoms with E-state index in [0.717, 1.165) is 12.8 Å². The molecular weight excluding hydrogens is 394 g/mol. The van der Waals surface area contributed by atoms with Gasteiger partial charge in [-0.2, -0.15) is 0 Å². The van der Waals surface area contributed by atoms with Gasteiger partial charge in [-0.05, 0) is 37.8 Å². The summed E-state index contributed by atoms with van der Waals surface area (Å²) in [4.78, 5) is 49.9. The number of carbonyl (C=O) groups is 4. The van der Waals surface area contributed by atoms with Crippen LogP contribution in [0.2, 0.25) is 5.02 Å². The Morgan fingerprint density at radius 2 is 1.72 bits per heavy atom. The van der Waals surface area contributed by atoms with Gasteiger partial charge in [0.2, 0.25) is 0 Å². The Bertz CT molecular complexity index is 1060. The number of esters is 1. The maximum atomic E-state index is 12.9. The molecule has 0 unspecified atom stereocenters. The average Bonchev–Trinajstić information content (AvgIpc) is 3.55. The summed E-state index contributed by atoms with van der Waals surface area (Å²) in [7, 11) is 0. The molecule has 1 fully saturated rings. The molecule has 0 spiro atoms. The van der Waals surface area contributed by atoms with Crippen molar-refractivity contribution in [1.29, 1.82) is 0 Å². The van der Waals surface area contributed by atoms with Crippen molar-refractivity contribution in [2.45, 2.75) is 25.8 Å². The van der Waals surface area contributed by atoms with Crippen molar-refractivity contribution >= 4 is 35.0 Å². The molecule has 1 N–H and O–H groups in total. The number of hydrogen-bond acceptors (Lipinski definition) is 5. The SMILES string of the molecule is C[C@@H](NC(=O)COC(=O)c1ccc2c(c1Cl)C(=O)c1ccccc1C2=O)C1CC1. The zero-order chi connectivity index (χ0) is 20.7. The molecule has 0 bridgehead atoms. The summed E-state index contributed by atoms with van der Waals surface area (Å²) >= 11 is 6.32. The Balaban J connectivity index is 1.53. The minimum Gasteiger partial charge on any atom is -0.452 e. The zero-order valence-corrected chi connectivity index (χ0v) is 16.4. The lowest BCUT2D eigenvalue weighted by molar-refractivity contribution is -0.125. The minimum absolute atomic E-state index is 0.0170. The fourth-order valence-corrected chi connectivity index (χ4v) is 3.85. The molecule has 0 heterocycles. The lowest BCUT2D eigenvalue weighted by Gasteiger charge is -2.19. The van der Waals surface area contributed by atoms with Crippen molar-refractivity contribution in [3.8, 4) is 0 Å². The number of fused-ring (bicyclic) bond motifs is 2. The Kier molecular flexibility index (Phi) is 4.96. The number of benzene rings is 2. The van der Waals surface area contributed by atoms with Crippen LogP contribution in [0.4, 0.5) is 0 Å². The molecule has 2 aliphatic carbocycles. The topological polar surface area (TPSA) is 89.5 Å². The summed E-state index contributed by atoms with van der Waals surface area (Å²) in [6, 6.07) is 9.23. The number of ether oxygens (including phenoxy) is 1.